The Morgan fingerprint density at radius 3 is 2.95 bits per heavy atom. The molecule has 0 amide bonds. The van der Waals surface area contributed by atoms with Crippen molar-refractivity contribution in [2.45, 2.75) is 38.3 Å². The molecule has 0 saturated carbocycles. The van der Waals surface area contributed by atoms with E-state index in [2.05, 4.69) is 18.9 Å². The average Bonchev–Trinajstić information content (AvgIpc) is 2.42. The van der Waals surface area contributed by atoms with Crippen LogP contribution < -0.4 is 0 Å². The fourth-order valence-corrected chi connectivity index (χ4v) is 2.71. The van der Waals surface area contributed by atoms with E-state index in [0.29, 0.717) is 16.9 Å². The van der Waals surface area contributed by atoms with Crippen LogP contribution in [0.2, 0.25) is 5.02 Å². The zero-order valence-corrected chi connectivity index (χ0v) is 12.4. The first kappa shape index (κ1) is 14.6. The molecule has 2 unspecified atom stereocenters. The number of nitrogens with zero attached hydrogens (tertiary/aromatic N) is 1. The Morgan fingerprint density at radius 2 is 2.26 bits per heavy atom. The van der Waals surface area contributed by atoms with Gasteiger partial charge in [0.15, 0.2) is 0 Å². The molecule has 1 fully saturated rings. The smallest absolute Gasteiger partial charge is 0.120 e. The molecule has 2 rings (SSSR count). The molecule has 1 aliphatic heterocycles. The van der Waals surface area contributed by atoms with Gasteiger partial charge in [0.2, 0.25) is 0 Å². The minimum atomic E-state index is 0.115. The highest BCUT2D eigenvalue weighted by molar-refractivity contribution is 6.30. The summed E-state index contributed by atoms with van der Waals surface area (Å²) in [5.41, 5.74) is 0.866. The van der Waals surface area contributed by atoms with E-state index in [-0.39, 0.29) is 6.04 Å². The van der Waals surface area contributed by atoms with Crippen LogP contribution in [0.4, 0.5) is 0 Å². The number of phenols is 1. The summed E-state index contributed by atoms with van der Waals surface area (Å²) >= 11 is 6.00. The van der Waals surface area contributed by atoms with E-state index >= 15 is 0 Å². The monoisotopic (exact) mass is 283 g/mol. The predicted octanol–water partition coefficient (Wildman–Crippen LogP) is 3.61. The van der Waals surface area contributed by atoms with Gasteiger partial charge in [0.05, 0.1) is 6.10 Å². The first-order valence-corrected chi connectivity index (χ1v) is 7.26. The number of ether oxygens (including phenoxy) is 1. The third kappa shape index (κ3) is 3.85. The largest absolute Gasteiger partial charge is 0.508 e. The molecule has 106 valence electrons. The molecule has 1 aromatic carbocycles. The summed E-state index contributed by atoms with van der Waals surface area (Å²) in [4.78, 5) is 2.21. The molecule has 19 heavy (non-hydrogen) atoms. The van der Waals surface area contributed by atoms with Gasteiger partial charge in [-0.1, -0.05) is 11.6 Å². The van der Waals surface area contributed by atoms with Gasteiger partial charge in [0.1, 0.15) is 5.75 Å². The number of halogens is 1. The SMILES string of the molecule is CC(c1cc(Cl)ccc1O)N(C)CC1CCCCO1. The Balaban J connectivity index is 2.01. The van der Waals surface area contributed by atoms with Gasteiger partial charge in [-0.15, -0.1) is 0 Å². The van der Waals surface area contributed by atoms with Gasteiger partial charge in [-0.25, -0.2) is 0 Å². The van der Waals surface area contributed by atoms with Crippen LogP contribution in [-0.2, 0) is 4.74 Å². The summed E-state index contributed by atoms with van der Waals surface area (Å²) in [6.45, 7) is 3.83. The van der Waals surface area contributed by atoms with Crippen LogP contribution in [0.3, 0.4) is 0 Å². The molecule has 2 atom stereocenters. The highest BCUT2D eigenvalue weighted by Gasteiger charge is 2.21. The molecule has 4 heteroatoms. The number of aromatic hydroxyl groups is 1. The van der Waals surface area contributed by atoms with Gasteiger partial charge in [0.25, 0.3) is 0 Å². The maximum absolute atomic E-state index is 9.94. The van der Waals surface area contributed by atoms with Crippen LogP contribution in [0.5, 0.6) is 5.75 Å². The number of hydrogen-bond donors (Lipinski definition) is 1. The highest BCUT2D eigenvalue weighted by Crippen LogP contribution is 2.30. The first-order valence-electron chi connectivity index (χ1n) is 6.88. The molecule has 1 aromatic rings. The Kier molecular flexibility index (Phi) is 5.08. The van der Waals surface area contributed by atoms with Crippen molar-refractivity contribution in [3.8, 4) is 5.75 Å². The third-order valence-electron chi connectivity index (χ3n) is 3.87. The quantitative estimate of drug-likeness (QED) is 0.916. The van der Waals surface area contributed by atoms with Crippen molar-refractivity contribution in [2.75, 3.05) is 20.2 Å². The molecule has 1 heterocycles. The number of hydrogen-bond acceptors (Lipinski definition) is 3. The molecule has 0 aliphatic carbocycles. The van der Waals surface area contributed by atoms with E-state index < -0.39 is 0 Å². The van der Waals surface area contributed by atoms with Crippen molar-refractivity contribution < 1.29 is 9.84 Å². The van der Waals surface area contributed by atoms with Crippen molar-refractivity contribution in [2.24, 2.45) is 0 Å². The minimum Gasteiger partial charge on any atom is -0.508 e. The number of rotatable bonds is 4. The second-order valence-electron chi connectivity index (χ2n) is 5.31. The van der Waals surface area contributed by atoms with Crippen LogP contribution in [0.15, 0.2) is 18.2 Å². The van der Waals surface area contributed by atoms with E-state index in [1.807, 2.05) is 6.07 Å². The topological polar surface area (TPSA) is 32.7 Å². The fraction of sp³-hybridized carbons (Fsp3) is 0.600. The molecule has 1 aliphatic rings. The van der Waals surface area contributed by atoms with Crippen molar-refractivity contribution >= 4 is 11.6 Å². The lowest BCUT2D eigenvalue weighted by Gasteiger charge is -2.31. The molecular weight excluding hydrogens is 262 g/mol. The molecule has 1 saturated heterocycles. The predicted molar refractivity (Wildman–Crippen MR) is 77.8 cm³/mol. The Bertz CT molecular complexity index is 419. The molecule has 0 radical (unpaired) electrons. The van der Waals surface area contributed by atoms with E-state index in [1.54, 1.807) is 12.1 Å². The summed E-state index contributed by atoms with van der Waals surface area (Å²) in [5.74, 6) is 0.299. The van der Waals surface area contributed by atoms with Gasteiger partial charge < -0.3 is 9.84 Å². The Morgan fingerprint density at radius 1 is 1.47 bits per heavy atom. The van der Waals surface area contributed by atoms with E-state index in [0.717, 1.165) is 25.1 Å². The lowest BCUT2D eigenvalue weighted by Crippen LogP contribution is -2.34. The molecule has 0 spiro atoms. The van der Waals surface area contributed by atoms with E-state index in [4.69, 9.17) is 16.3 Å². The molecule has 0 aromatic heterocycles. The highest BCUT2D eigenvalue weighted by atomic mass is 35.5. The van der Waals surface area contributed by atoms with Crippen molar-refractivity contribution in [3.63, 3.8) is 0 Å². The molecule has 0 bridgehead atoms. The summed E-state index contributed by atoms with van der Waals surface area (Å²) in [6.07, 6.45) is 3.85. The van der Waals surface area contributed by atoms with E-state index in [9.17, 15) is 5.11 Å². The summed E-state index contributed by atoms with van der Waals surface area (Å²) in [5, 5.41) is 10.6. The summed E-state index contributed by atoms with van der Waals surface area (Å²) in [7, 11) is 2.06. The van der Waals surface area contributed by atoms with Crippen molar-refractivity contribution in [3.05, 3.63) is 28.8 Å². The van der Waals surface area contributed by atoms with Gasteiger partial charge in [-0.05, 0) is 51.4 Å². The van der Waals surface area contributed by atoms with Gasteiger partial charge in [0, 0.05) is 29.8 Å². The lowest BCUT2D eigenvalue weighted by atomic mass is 10.0. The van der Waals surface area contributed by atoms with Gasteiger partial charge in [-0.3, -0.25) is 4.90 Å². The maximum atomic E-state index is 9.94. The summed E-state index contributed by atoms with van der Waals surface area (Å²) < 4.78 is 5.76. The van der Waals surface area contributed by atoms with Crippen LogP contribution in [0.1, 0.15) is 37.8 Å². The van der Waals surface area contributed by atoms with Crippen LogP contribution in [-0.4, -0.2) is 36.3 Å². The zero-order valence-electron chi connectivity index (χ0n) is 11.6. The Labute approximate surface area is 120 Å². The second kappa shape index (κ2) is 6.60. The Hall–Kier alpha value is -0.770. The number of benzene rings is 1. The number of likely N-dealkylation sites (N-methyl/N-ethyl adjacent to an activating group) is 1. The number of phenolic OH excluding ortho intramolecular Hbond substituents is 1. The normalized spacial score (nSPS) is 21.6. The fourth-order valence-electron chi connectivity index (χ4n) is 2.53. The van der Waals surface area contributed by atoms with Gasteiger partial charge in [-0.2, -0.15) is 0 Å². The summed E-state index contributed by atoms with van der Waals surface area (Å²) in [6, 6.07) is 5.31. The van der Waals surface area contributed by atoms with E-state index in [1.165, 1.54) is 12.8 Å². The standard InChI is InChI=1S/C15H22ClNO2/c1-11(14-9-12(16)6-7-15(14)18)17(2)10-13-5-3-4-8-19-13/h6-7,9,11,13,18H,3-5,8,10H2,1-2H3. The van der Waals surface area contributed by atoms with Crippen molar-refractivity contribution in [1.29, 1.82) is 0 Å². The average molecular weight is 284 g/mol. The first-order chi connectivity index (χ1) is 9.08. The minimum absolute atomic E-state index is 0.115. The van der Waals surface area contributed by atoms with Crippen LogP contribution in [0, 0.1) is 0 Å². The zero-order chi connectivity index (χ0) is 13.8. The molecule has 3 nitrogen and oxygen atoms in total. The molecular formula is C15H22ClNO2. The van der Waals surface area contributed by atoms with Crippen molar-refractivity contribution in [1.82, 2.24) is 4.90 Å². The second-order valence-corrected chi connectivity index (χ2v) is 5.74. The van der Waals surface area contributed by atoms with Crippen LogP contribution >= 0.6 is 11.6 Å². The molecule has 1 N–H and O–H groups in total. The third-order valence-corrected chi connectivity index (χ3v) is 4.10. The van der Waals surface area contributed by atoms with Crippen LogP contribution in [0.25, 0.3) is 0 Å². The maximum Gasteiger partial charge on any atom is 0.120 e. The van der Waals surface area contributed by atoms with Gasteiger partial charge >= 0.3 is 0 Å². The lowest BCUT2D eigenvalue weighted by molar-refractivity contribution is -0.00728.